The highest BCUT2D eigenvalue weighted by molar-refractivity contribution is 5.36. The number of benzene rings is 1. The maximum atomic E-state index is 12.3. The van der Waals surface area contributed by atoms with Crippen molar-refractivity contribution >= 4 is 0 Å². The SMILES string of the molecule is FC(F)(F)c1ccc(-n2cccc2)cc1. The third kappa shape index (κ3) is 2.03. The normalized spacial score (nSPS) is 11.7. The fourth-order valence-corrected chi connectivity index (χ4v) is 1.33. The molecule has 1 aromatic carbocycles. The van der Waals surface area contributed by atoms with Crippen LogP contribution in [0.4, 0.5) is 13.2 Å². The van der Waals surface area contributed by atoms with Gasteiger partial charge in [0.1, 0.15) is 0 Å². The molecule has 4 heteroatoms. The summed E-state index contributed by atoms with van der Waals surface area (Å²) in [4.78, 5) is 0. The molecule has 15 heavy (non-hydrogen) atoms. The van der Waals surface area contributed by atoms with Gasteiger partial charge in [-0.15, -0.1) is 0 Å². The molecule has 2 rings (SSSR count). The molecule has 0 aliphatic rings. The third-order valence-electron chi connectivity index (χ3n) is 2.10. The van der Waals surface area contributed by atoms with Crippen LogP contribution in [0.2, 0.25) is 0 Å². The summed E-state index contributed by atoms with van der Waals surface area (Å²) in [5.41, 5.74) is 0.0893. The first-order valence-corrected chi connectivity index (χ1v) is 4.38. The van der Waals surface area contributed by atoms with E-state index in [1.54, 1.807) is 17.0 Å². The van der Waals surface area contributed by atoms with E-state index >= 15 is 0 Å². The largest absolute Gasteiger partial charge is 0.416 e. The molecule has 0 atom stereocenters. The Bertz CT molecular complexity index is 426. The van der Waals surface area contributed by atoms with Crippen LogP contribution in [0.1, 0.15) is 5.56 Å². The Morgan fingerprint density at radius 2 is 1.40 bits per heavy atom. The molecule has 0 saturated carbocycles. The number of alkyl halides is 3. The van der Waals surface area contributed by atoms with Crippen LogP contribution in [0.5, 0.6) is 0 Å². The maximum Gasteiger partial charge on any atom is 0.416 e. The molecule has 78 valence electrons. The monoisotopic (exact) mass is 211 g/mol. The van der Waals surface area contributed by atoms with E-state index in [9.17, 15) is 13.2 Å². The lowest BCUT2D eigenvalue weighted by Crippen LogP contribution is -2.04. The van der Waals surface area contributed by atoms with Crippen LogP contribution >= 0.6 is 0 Å². The van der Waals surface area contributed by atoms with Crippen molar-refractivity contribution in [2.75, 3.05) is 0 Å². The van der Waals surface area contributed by atoms with E-state index in [0.717, 1.165) is 12.1 Å². The average molecular weight is 211 g/mol. The zero-order valence-corrected chi connectivity index (χ0v) is 7.70. The first-order chi connectivity index (χ1) is 7.07. The summed E-state index contributed by atoms with van der Waals surface area (Å²) in [6.07, 6.45) is -0.708. The van der Waals surface area contributed by atoms with Crippen molar-refractivity contribution in [1.29, 1.82) is 0 Å². The van der Waals surface area contributed by atoms with Gasteiger partial charge in [0.15, 0.2) is 0 Å². The van der Waals surface area contributed by atoms with E-state index in [1.807, 2.05) is 12.1 Å². The van der Waals surface area contributed by atoms with E-state index < -0.39 is 11.7 Å². The third-order valence-corrected chi connectivity index (χ3v) is 2.10. The molecule has 0 aliphatic heterocycles. The maximum absolute atomic E-state index is 12.3. The zero-order chi connectivity index (χ0) is 10.9. The van der Waals surface area contributed by atoms with Gasteiger partial charge in [-0.25, -0.2) is 0 Å². The molecule has 0 fully saturated rings. The zero-order valence-electron chi connectivity index (χ0n) is 7.70. The summed E-state index contributed by atoms with van der Waals surface area (Å²) >= 11 is 0. The molecule has 0 amide bonds. The van der Waals surface area contributed by atoms with Gasteiger partial charge in [-0.3, -0.25) is 0 Å². The summed E-state index contributed by atoms with van der Waals surface area (Å²) in [5, 5.41) is 0. The highest BCUT2D eigenvalue weighted by Gasteiger charge is 2.29. The van der Waals surface area contributed by atoms with Crippen LogP contribution < -0.4 is 0 Å². The lowest BCUT2D eigenvalue weighted by molar-refractivity contribution is -0.137. The molecular formula is C11H8F3N. The van der Waals surface area contributed by atoms with Gasteiger partial charge in [0.25, 0.3) is 0 Å². The van der Waals surface area contributed by atoms with Gasteiger partial charge < -0.3 is 4.57 Å². The Balaban J connectivity index is 2.33. The number of rotatable bonds is 1. The smallest absolute Gasteiger partial charge is 0.324 e. The minimum atomic E-state index is -4.27. The van der Waals surface area contributed by atoms with E-state index in [0.29, 0.717) is 5.69 Å². The Labute approximate surface area is 84.8 Å². The minimum absolute atomic E-state index is 0.626. The van der Waals surface area contributed by atoms with Crippen molar-refractivity contribution < 1.29 is 13.2 Å². The number of aromatic nitrogens is 1. The topological polar surface area (TPSA) is 4.93 Å². The van der Waals surface area contributed by atoms with Crippen LogP contribution in [0.15, 0.2) is 48.8 Å². The summed E-state index contributed by atoms with van der Waals surface area (Å²) in [6.45, 7) is 0. The van der Waals surface area contributed by atoms with Crippen LogP contribution in [0.25, 0.3) is 5.69 Å². The van der Waals surface area contributed by atoms with Crippen molar-refractivity contribution in [1.82, 2.24) is 4.57 Å². The van der Waals surface area contributed by atoms with Crippen molar-refractivity contribution in [2.24, 2.45) is 0 Å². The first-order valence-electron chi connectivity index (χ1n) is 4.38. The predicted octanol–water partition coefficient (Wildman–Crippen LogP) is 3.50. The van der Waals surface area contributed by atoms with E-state index in [-0.39, 0.29) is 0 Å². The minimum Gasteiger partial charge on any atom is -0.324 e. The predicted molar refractivity (Wildman–Crippen MR) is 50.8 cm³/mol. The quantitative estimate of drug-likeness (QED) is 0.680. The summed E-state index contributed by atoms with van der Waals surface area (Å²) in [7, 11) is 0. The lowest BCUT2D eigenvalue weighted by Gasteiger charge is -2.07. The molecule has 0 spiro atoms. The standard InChI is InChI=1S/C11H8F3N/c12-11(13,14)9-3-5-10(6-4-9)15-7-1-2-8-15/h1-8H. The molecule has 1 heterocycles. The van der Waals surface area contributed by atoms with Gasteiger partial charge >= 0.3 is 6.18 Å². The van der Waals surface area contributed by atoms with Crippen molar-refractivity contribution in [3.05, 3.63) is 54.4 Å². The first kappa shape index (κ1) is 9.83. The molecular weight excluding hydrogens is 203 g/mol. The second kappa shape index (κ2) is 3.46. The summed E-state index contributed by atoms with van der Waals surface area (Å²) in [6, 6.07) is 8.69. The Morgan fingerprint density at radius 3 is 1.87 bits per heavy atom. The summed E-state index contributed by atoms with van der Waals surface area (Å²) in [5.74, 6) is 0. The molecule has 0 unspecified atom stereocenters. The molecule has 0 N–H and O–H groups in total. The molecule has 0 saturated heterocycles. The van der Waals surface area contributed by atoms with Gasteiger partial charge in [0.05, 0.1) is 5.56 Å². The lowest BCUT2D eigenvalue weighted by atomic mass is 10.2. The number of halogens is 3. The van der Waals surface area contributed by atoms with Crippen LogP contribution in [0.3, 0.4) is 0 Å². The van der Waals surface area contributed by atoms with E-state index in [2.05, 4.69) is 0 Å². The molecule has 0 bridgehead atoms. The van der Waals surface area contributed by atoms with Gasteiger partial charge in [-0.1, -0.05) is 0 Å². The van der Waals surface area contributed by atoms with E-state index in [1.165, 1.54) is 12.1 Å². The van der Waals surface area contributed by atoms with Gasteiger partial charge in [0.2, 0.25) is 0 Å². The fraction of sp³-hybridized carbons (Fsp3) is 0.0909. The number of nitrogens with zero attached hydrogens (tertiary/aromatic N) is 1. The average Bonchev–Trinajstić information content (AvgIpc) is 2.69. The Hall–Kier alpha value is -1.71. The highest BCUT2D eigenvalue weighted by atomic mass is 19.4. The van der Waals surface area contributed by atoms with E-state index in [4.69, 9.17) is 0 Å². The van der Waals surface area contributed by atoms with Crippen LogP contribution in [-0.4, -0.2) is 4.57 Å². The molecule has 1 aromatic heterocycles. The van der Waals surface area contributed by atoms with Gasteiger partial charge in [0, 0.05) is 18.1 Å². The second-order valence-electron chi connectivity index (χ2n) is 3.13. The molecule has 0 radical (unpaired) electrons. The van der Waals surface area contributed by atoms with Crippen LogP contribution in [0, 0.1) is 0 Å². The molecule has 0 aliphatic carbocycles. The van der Waals surface area contributed by atoms with Crippen molar-refractivity contribution in [3.8, 4) is 5.69 Å². The number of hydrogen-bond donors (Lipinski definition) is 0. The fourth-order valence-electron chi connectivity index (χ4n) is 1.33. The number of hydrogen-bond acceptors (Lipinski definition) is 0. The molecule has 1 nitrogen and oxygen atoms in total. The van der Waals surface area contributed by atoms with Crippen molar-refractivity contribution in [3.63, 3.8) is 0 Å². The second-order valence-corrected chi connectivity index (χ2v) is 3.13. The van der Waals surface area contributed by atoms with Gasteiger partial charge in [-0.2, -0.15) is 13.2 Å². The Kier molecular flexibility index (Phi) is 2.26. The van der Waals surface area contributed by atoms with Gasteiger partial charge in [-0.05, 0) is 36.4 Å². The molecule has 2 aromatic rings. The highest BCUT2D eigenvalue weighted by Crippen LogP contribution is 2.29. The van der Waals surface area contributed by atoms with Crippen molar-refractivity contribution in [2.45, 2.75) is 6.18 Å². The summed E-state index contributed by atoms with van der Waals surface area (Å²) < 4.78 is 38.5. The van der Waals surface area contributed by atoms with Crippen LogP contribution in [-0.2, 0) is 6.18 Å². The Morgan fingerprint density at radius 1 is 0.867 bits per heavy atom.